The van der Waals surface area contributed by atoms with E-state index in [1.54, 1.807) is 6.92 Å². The quantitative estimate of drug-likeness (QED) is 0.692. The summed E-state index contributed by atoms with van der Waals surface area (Å²) >= 11 is 17.6. The van der Waals surface area contributed by atoms with Gasteiger partial charge in [0.05, 0.1) is 20.8 Å². The number of hydrogen-bond donors (Lipinski definition) is 3. The minimum atomic E-state index is -1.10. The van der Waals surface area contributed by atoms with Crippen LogP contribution in [0.3, 0.4) is 0 Å². The first kappa shape index (κ1) is 17.9. The number of anilines is 1. The Balaban J connectivity index is 2.81. The van der Waals surface area contributed by atoms with Crippen LogP contribution in [0, 0.1) is 5.92 Å². The van der Waals surface area contributed by atoms with Gasteiger partial charge in [0.2, 0.25) is 0 Å². The topological polar surface area (TPSA) is 78.4 Å². The molecular weight excluding hydrogens is 339 g/mol. The fourth-order valence-corrected chi connectivity index (χ4v) is 2.20. The van der Waals surface area contributed by atoms with Crippen molar-refractivity contribution in [3.8, 4) is 0 Å². The van der Waals surface area contributed by atoms with E-state index in [2.05, 4.69) is 10.6 Å². The smallest absolute Gasteiger partial charge is 0.326 e. The van der Waals surface area contributed by atoms with Gasteiger partial charge in [0.15, 0.2) is 0 Å². The van der Waals surface area contributed by atoms with E-state index in [1.165, 1.54) is 12.1 Å². The van der Waals surface area contributed by atoms with Crippen LogP contribution in [0.2, 0.25) is 15.1 Å². The number of urea groups is 1. The van der Waals surface area contributed by atoms with Crippen LogP contribution in [0.5, 0.6) is 0 Å². The molecule has 3 N–H and O–H groups in total. The number of amides is 2. The lowest BCUT2D eigenvalue weighted by molar-refractivity contribution is -0.140. The predicted molar refractivity (Wildman–Crippen MR) is 84.5 cm³/mol. The number of nitrogens with one attached hydrogen (secondary N) is 2. The van der Waals surface area contributed by atoms with Crippen LogP contribution in [0.1, 0.15) is 20.3 Å². The zero-order valence-corrected chi connectivity index (χ0v) is 13.7. The van der Waals surface area contributed by atoms with Crippen molar-refractivity contribution in [2.75, 3.05) is 5.32 Å². The number of carboxylic acids is 1. The third-order valence-corrected chi connectivity index (χ3v) is 4.06. The maximum Gasteiger partial charge on any atom is 0.326 e. The normalized spacial score (nSPS) is 13.4. The van der Waals surface area contributed by atoms with E-state index >= 15 is 0 Å². The summed E-state index contributed by atoms with van der Waals surface area (Å²) in [5.41, 5.74) is 0.247. The standard InChI is InChI=1S/C13H15Cl3N2O3/c1-3-6(2)11(12(19)20)18-13(21)17-10-5-8(15)7(14)4-9(10)16/h4-6,11H,3H2,1-2H3,(H,19,20)(H2,17,18,21). The maximum atomic E-state index is 11.9. The number of carbonyl (C=O) groups is 2. The second-order valence-electron chi connectivity index (χ2n) is 4.55. The van der Waals surface area contributed by atoms with Crippen molar-refractivity contribution in [2.45, 2.75) is 26.3 Å². The molecule has 21 heavy (non-hydrogen) atoms. The summed E-state index contributed by atoms with van der Waals surface area (Å²) in [5, 5.41) is 14.7. The van der Waals surface area contributed by atoms with Crippen molar-refractivity contribution in [1.82, 2.24) is 5.32 Å². The molecule has 0 fully saturated rings. The van der Waals surface area contributed by atoms with Crippen molar-refractivity contribution in [3.63, 3.8) is 0 Å². The first-order chi connectivity index (χ1) is 9.76. The Hall–Kier alpha value is -1.17. The summed E-state index contributed by atoms with van der Waals surface area (Å²) < 4.78 is 0. The molecule has 2 atom stereocenters. The van der Waals surface area contributed by atoms with E-state index in [-0.39, 0.29) is 26.7 Å². The van der Waals surface area contributed by atoms with Crippen molar-refractivity contribution in [2.24, 2.45) is 5.92 Å². The van der Waals surface area contributed by atoms with E-state index in [0.29, 0.717) is 6.42 Å². The number of hydrogen-bond acceptors (Lipinski definition) is 2. The van der Waals surface area contributed by atoms with Crippen LogP contribution >= 0.6 is 34.8 Å². The Morgan fingerprint density at radius 2 is 1.76 bits per heavy atom. The zero-order valence-electron chi connectivity index (χ0n) is 11.4. The van der Waals surface area contributed by atoms with Gasteiger partial charge in [-0.3, -0.25) is 0 Å². The Bertz CT molecular complexity index is 552. The van der Waals surface area contributed by atoms with Gasteiger partial charge in [0, 0.05) is 0 Å². The molecule has 0 heterocycles. The summed E-state index contributed by atoms with van der Waals surface area (Å²) in [6.07, 6.45) is 0.616. The van der Waals surface area contributed by atoms with Gasteiger partial charge >= 0.3 is 12.0 Å². The van der Waals surface area contributed by atoms with Crippen molar-refractivity contribution in [3.05, 3.63) is 27.2 Å². The molecule has 0 saturated heterocycles. The van der Waals surface area contributed by atoms with Gasteiger partial charge in [-0.2, -0.15) is 0 Å². The molecule has 0 spiro atoms. The number of rotatable bonds is 5. The average molecular weight is 354 g/mol. The van der Waals surface area contributed by atoms with E-state index in [9.17, 15) is 9.59 Å². The predicted octanol–water partition coefficient (Wildman–Crippen LogP) is 4.27. The lowest BCUT2D eigenvalue weighted by Crippen LogP contribution is -2.46. The molecule has 1 aromatic rings. The fraction of sp³-hybridized carbons (Fsp3) is 0.385. The number of carboxylic acid groups (broad SMARTS) is 1. The van der Waals surface area contributed by atoms with Crippen LogP contribution in [0.15, 0.2) is 12.1 Å². The van der Waals surface area contributed by atoms with Gasteiger partial charge in [-0.1, -0.05) is 55.1 Å². The molecule has 0 aliphatic carbocycles. The largest absolute Gasteiger partial charge is 0.480 e. The van der Waals surface area contributed by atoms with Gasteiger partial charge in [-0.25, -0.2) is 9.59 Å². The van der Waals surface area contributed by atoms with Crippen LogP contribution in [0.4, 0.5) is 10.5 Å². The highest BCUT2D eigenvalue weighted by Gasteiger charge is 2.25. The lowest BCUT2D eigenvalue weighted by atomic mass is 9.99. The summed E-state index contributed by atoms with van der Waals surface area (Å²) in [5.74, 6) is -1.31. The molecule has 0 aliphatic heterocycles. The highest BCUT2D eigenvalue weighted by atomic mass is 35.5. The molecule has 2 unspecified atom stereocenters. The SMILES string of the molecule is CCC(C)C(NC(=O)Nc1cc(Cl)c(Cl)cc1Cl)C(=O)O. The van der Waals surface area contributed by atoms with Crippen molar-refractivity contribution < 1.29 is 14.7 Å². The molecule has 1 aromatic carbocycles. The Kier molecular flexibility index (Phi) is 6.58. The Morgan fingerprint density at radius 3 is 2.29 bits per heavy atom. The molecule has 0 bridgehead atoms. The summed E-state index contributed by atoms with van der Waals surface area (Å²) in [7, 11) is 0. The second-order valence-corrected chi connectivity index (χ2v) is 5.77. The van der Waals surface area contributed by atoms with Gasteiger partial charge in [-0.05, 0) is 18.1 Å². The first-order valence-corrected chi connectivity index (χ1v) is 7.34. The second kappa shape index (κ2) is 7.73. The summed E-state index contributed by atoms with van der Waals surface area (Å²) in [6.45, 7) is 3.58. The van der Waals surface area contributed by atoms with Crippen LogP contribution in [0.25, 0.3) is 0 Å². The Labute approximate surface area is 137 Å². The van der Waals surface area contributed by atoms with Crippen LogP contribution < -0.4 is 10.6 Å². The first-order valence-electron chi connectivity index (χ1n) is 6.21. The molecule has 0 aromatic heterocycles. The van der Waals surface area contributed by atoms with E-state index in [0.717, 1.165) is 0 Å². The summed E-state index contributed by atoms with van der Waals surface area (Å²) in [4.78, 5) is 23.0. The van der Waals surface area contributed by atoms with Crippen molar-refractivity contribution >= 4 is 52.5 Å². The molecule has 1 rings (SSSR count). The maximum absolute atomic E-state index is 11.9. The molecular formula is C13H15Cl3N2O3. The van der Waals surface area contributed by atoms with E-state index < -0.39 is 18.0 Å². The van der Waals surface area contributed by atoms with Gasteiger partial charge < -0.3 is 15.7 Å². The Morgan fingerprint density at radius 1 is 1.19 bits per heavy atom. The number of carbonyl (C=O) groups excluding carboxylic acids is 1. The number of benzene rings is 1. The molecule has 0 aliphatic rings. The third kappa shape index (κ3) is 4.95. The molecule has 116 valence electrons. The van der Waals surface area contributed by atoms with Gasteiger partial charge in [-0.15, -0.1) is 0 Å². The lowest BCUT2D eigenvalue weighted by Gasteiger charge is -2.20. The highest BCUT2D eigenvalue weighted by Crippen LogP contribution is 2.32. The monoisotopic (exact) mass is 352 g/mol. The van der Waals surface area contributed by atoms with Crippen LogP contribution in [-0.2, 0) is 4.79 Å². The average Bonchev–Trinajstić information content (AvgIpc) is 2.41. The minimum absolute atomic E-state index is 0.204. The van der Waals surface area contributed by atoms with Gasteiger partial charge in [0.25, 0.3) is 0 Å². The fourth-order valence-electron chi connectivity index (χ4n) is 1.60. The molecule has 2 amide bonds. The molecule has 5 nitrogen and oxygen atoms in total. The van der Waals surface area contributed by atoms with E-state index in [4.69, 9.17) is 39.9 Å². The van der Waals surface area contributed by atoms with E-state index in [1.807, 2.05) is 6.92 Å². The van der Waals surface area contributed by atoms with Crippen LogP contribution in [-0.4, -0.2) is 23.1 Å². The highest BCUT2D eigenvalue weighted by molar-refractivity contribution is 6.44. The minimum Gasteiger partial charge on any atom is -0.480 e. The number of aliphatic carboxylic acids is 1. The third-order valence-electron chi connectivity index (χ3n) is 3.02. The van der Waals surface area contributed by atoms with Gasteiger partial charge in [0.1, 0.15) is 6.04 Å². The van der Waals surface area contributed by atoms with Crippen molar-refractivity contribution in [1.29, 1.82) is 0 Å². The summed E-state index contributed by atoms with van der Waals surface area (Å²) in [6, 6.07) is 1.12. The molecule has 0 radical (unpaired) electrons. The zero-order chi connectivity index (χ0) is 16.2. The number of halogens is 3. The molecule has 8 heteroatoms. The molecule has 0 saturated carbocycles.